The van der Waals surface area contributed by atoms with Crippen molar-refractivity contribution >= 4 is 44.8 Å². The van der Waals surface area contributed by atoms with Crippen LogP contribution in [-0.4, -0.2) is 38.1 Å². The van der Waals surface area contributed by atoms with E-state index in [2.05, 4.69) is 12.6 Å². The monoisotopic (exact) mass is 635 g/mol. The summed E-state index contributed by atoms with van der Waals surface area (Å²) in [4.78, 5) is 16.8. The average molecular weight is 637 g/mol. The van der Waals surface area contributed by atoms with Crippen molar-refractivity contribution in [1.82, 2.24) is 4.90 Å². The third-order valence-corrected chi connectivity index (χ3v) is 10.4. The first-order chi connectivity index (χ1) is 20.5. The molecule has 1 aliphatic heterocycles. The molecular weight excluding hydrogens is 601 g/mol. The number of benzene rings is 3. The quantitative estimate of drug-likeness (QED) is 0.213. The van der Waals surface area contributed by atoms with Gasteiger partial charge in [-0.15, -0.1) is 6.58 Å². The first-order valence-corrected chi connectivity index (χ1v) is 17.0. The van der Waals surface area contributed by atoms with Gasteiger partial charge in [-0.25, -0.2) is 8.42 Å². The summed E-state index contributed by atoms with van der Waals surface area (Å²) in [6.07, 6.45) is 5.71. The maximum absolute atomic E-state index is 14.8. The fourth-order valence-corrected chi connectivity index (χ4v) is 7.83. The van der Waals surface area contributed by atoms with Crippen LogP contribution in [0, 0.1) is 22.7 Å². The minimum atomic E-state index is -3.81. The molecule has 1 amide bonds. The van der Waals surface area contributed by atoms with Gasteiger partial charge in [0.1, 0.15) is 6.07 Å². The molecule has 1 saturated heterocycles. The van der Waals surface area contributed by atoms with Crippen molar-refractivity contribution in [3.05, 3.63) is 112 Å². The van der Waals surface area contributed by atoms with Crippen LogP contribution in [0.3, 0.4) is 0 Å². The Morgan fingerprint density at radius 3 is 2.37 bits per heavy atom. The Kier molecular flexibility index (Phi) is 8.94. The van der Waals surface area contributed by atoms with E-state index in [1.165, 1.54) is 4.31 Å². The fraction of sp³-hybridized carbons (Fsp3) is 0.353. The van der Waals surface area contributed by atoms with E-state index in [0.29, 0.717) is 28.6 Å². The zero-order chi connectivity index (χ0) is 30.9. The molecule has 1 saturated carbocycles. The molecule has 3 aromatic rings. The summed E-state index contributed by atoms with van der Waals surface area (Å²) in [5.74, 6) is -0.0743. The first kappa shape index (κ1) is 31.1. The van der Waals surface area contributed by atoms with Gasteiger partial charge in [-0.05, 0) is 79.1 Å². The van der Waals surface area contributed by atoms with Crippen molar-refractivity contribution in [3.8, 4) is 6.07 Å². The lowest BCUT2D eigenvalue weighted by Crippen LogP contribution is -2.59. The van der Waals surface area contributed by atoms with Gasteiger partial charge in [-0.1, -0.05) is 72.6 Å². The van der Waals surface area contributed by atoms with Gasteiger partial charge in [0.05, 0.1) is 41.6 Å². The number of hydrogen-bond acceptors (Lipinski definition) is 4. The summed E-state index contributed by atoms with van der Waals surface area (Å²) in [6.45, 7) is 5.97. The van der Waals surface area contributed by atoms with Crippen LogP contribution in [0.5, 0.6) is 0 Å². The Morgan fingerprint density at radius 1 is 1.07 bits per heavy atom. The molecule has 9 heteroatoms. The Bertz CT molecular complexity index is 1670. The number of rotatable bonds is 10. The summed E-state index contributed by atoms with van der Waals surface area (Å²) in [5, 5.41) is 11.0. The average Bonchev–Trinajstić information content (AvgIpc) is 3.81. The molecule has 3 aromatic carbocycles. The van der Waals surface area contributed by atoms with Crippen LogP contribution in [0.15, 0.2) is 85.5 Å². The van der Waals surface area contributed by atoms with Gasteiger partial charge in [-0.3, -0.25) is 9.10 Å². The summed E-state index contributed by atoms with van der Waals surface area (Å²) in [5.41, 5.74) is 1.72. The molecule has 43 heavy (non-hydrogen) atoms. The van der Waals surface area contributed by atoms with Gasteiger partial charge >= 0.3 is 0 Å². The minimum absolute atomic E-state index is 0.0322. The van der Waals surface area contributed by atoms with Gasteiger partial charge in [-0.2, -0.15) is 5.26 Å². The van der Waals surface area contributed by atoms with Gasteiger partial charge in [0.25, 0.3) is 0 Å². The summed E-state index contributed by atoms with van der Waals surface area (Å²) < 4.78 is 28.0. The predicted octanol–water partition coefficient (Wildman–Crippen LogP) is 7.75. The molecule has 2 fully saturated rings. The second-order valence-corrected chi connectivity index (χ2v) is 14.7. The van der Waals surface area contributed by atoms with Gasteiger partial charge in [0, 0.05) is 16.0 Å². The summed E-state index contributed by atoms with van der Waals surface area (Å²) in [7, 11) is -3.81. The highest BCUT2D eigenvalue weighted by atomic mass is 35.5. The molecule has 0 aromatic heterocycles. The number of sulfonamides is 1. The van der Waals surface area contributed by atoms with E-state index >= 15 is 0 Å². The van der Waals surface area contributed by atoms with E-state index in [1.807, 2.05) is 60.4 Å². The lowest BCUT2D eigenvalue weighted by molar-refractivity contribution is -0.154. The van der Waals surface area contributed by atoms with Gasteiger partial charge in [0.15, 0.2) is 0 Å². The van der Waals surface area contributed by atoms with Crippen LogP contribution in [0.2, 0.25) is 10.0 Å². The van der Waals surface area contributed by atoms with E-state index in [0.717, 1.165) is 30.2 Å². The van der Waals surface area contributed by atoms with E-state index in [4.69, 9.17) is 23.2 Å². The zero-order valence-corrected chi connectivity index (χ0v) is 26.6. The number of hydrogen-bond donors (Lipinski definition) is 0. The van der Waals surface area contributed by atoms with Crippen LogP contribution in [0.1, 0.15) is 61.3 Å². The molecule has 0 spiro atoms. The summed E-state index contributed by atoms with van der Waals surface area (Å²) in [6, 6.07) is 23.3. The lowest BCUT2D eigenvalue weighted by atomic mass is 9.67. The number of carbonyl (C=O) groups excluding carboxylic acids is 1. The minimum Gasteiger partial charge on any atom is -0.329 e. The second-order valence-electron chi connectivity index (χ2n) is 12.0. The Morgan fingerprint density at radius 2 is 1.77 bits per heavy atom. The number of carbonyl (C=O) groups is 1. The Labute approximate surface area is 264 Å². The Balaban J connectivity index is 1.71. The van der Waals surface area contributed by atoms with Crippen LogP contribution >= 0.6 is 23.2 Å². The third kappa shape index (κ3) is 6.47. The number of para-hydroxylation sites is 1. The molecule has 6 nitrogen and oxygen atoms in total. The first-order valence-electron chi connectivity index (χ1n) is 14.4. The normalized spacial score (nSPS) is 23.0. The second kappa shape index (κ2) is 12.4. The third-order valence-electron chi connectivity index (χ3n) is 8.76. The highest BCUT2D eigenvalue weighted by molar-refractivity contribution is 7.92. The number of allylic oxidation sites excluding steroid dienone is 1. The molecule has 5 rings (SSSR count). The maximum atomic E-state index is 14.8. The van der Waals surface area contributed by atoms with E-state index in [9.17, 15) is 18.5 Å². The highest BCUT2D eigenvalue weighted by Gasteiger charge is 2.54. The number of amides is 1. The molecule has 0 unspecified atom stereocenters. The molecule has 0 bridgehead atoms. The van der Waals surface area contributed by atoms with Crippen molar-refractivity contribution in [2.24, 2.45) is 11.3 Å². The number of nitrogens with zero attached hydrogens (tertiary/aromatic N) is 3. The standard InChI is InChI=1S/C34H35Cl2N3O3S/c1-4-18-34(2)20-29(25-9-7-10-28(36)19-25)32(24-14-16-27(35)17-15-24)39(33(34)40)31(23-12-13-23)22-38(43(3,41)42)30-11-6-5-8-26(30)21-37/h4-11,14-17,19,23,29,31-32H,1,12-13,18,20,22H2,2-3H3/t29-,31+,32-,34+/m1/s1. The van der Waals surface area contributed by atoms with Crippen molar-refractivity contribution < 1.29 is 13.2 Å². The van der Waals surface area contributed by atoms with Crippen molar-refractivity contribution in [2.45, 2.75) is 50.6 Å². The van der Waals surface area contributed by atoms with E-state index < -0.39 is 27.5 Å². The van der Waals surface area contributed by atoms with Crippen LogP contribution in [0.25, 0.3) is 0 Å². The van der Waals surface area contributed by atoms with Crippen LogP contribution < -0.4 is 4.31 Å². The molecule has 224 valence electrons. The zero-order valence-electron chi connectivity index (χ0n) is 24.3. The predicted molar refractivity (Wildman–Crippen MR) is 173 cm³/mol. The van der Waals surface area contributed by atoms with Crippen LogP contribution in [-0.2, 0) is 14.8 Å². The molecule has 1 heterocycles. The number of likely N-dealkylation sites (tertiary alicyclic amines) is 1. The number of halogens is 2. The smallest absolute Gasteiger partial charge is 0.232 e. The summed E-state index contributed by atoms with van der Waals surface area (Å²) >= 11 is 12.8. The topological polar surface area (TPSA) is 81.5 Å². The molecule has 2 aliphatic rings. The van der Waals surface area contributed by atoms with E-state index in [-0.39, 0.29) is 29.9 Å². The fourth-order valence-electron chi connectivity index (χ4n) is 6.57. The van der Waals surface area contributed by atoms with E-state index in [1.54, 1.807) is 30.3 Å². The molecule has 0 radical (unpaired) electrons. The molecular formula is C34H35Cl2N3O3S. The van der Waals surface area contributed by atoms with Crippen molar-refractivity contribution in [3.63, 3.8) is 0 Å². The molecule has 0 N–H and O–H groups in total. The number of piperidine rings is 1. The number of anilines is 1. The van der Waals surface area contributed by atoms with Crippen molar-refractivity contribution in [2.75, 3.05) is 17.1 Å². The Hall–Kier alpha value is -3.31. The maximum Gasteiger partial charge on any atom is 0.232 e. The highest BCUT2D eigenvalue weighted by Crippen LogP contribution is 2.54. The largest absolute Gasteiger partial charge is 0.329 e. The van der Waals surface area contributed by atoms with Crippen molar-refractivity contribution in [1.29, 1.82) is 5.26 Å². The SMILES string of the molecule is C=CC[C@@]1(C)C[C@H](c2cccc(Cl)c2)[C@@H](c2ccc(Cl)cc2)N([C@@H](CN(c2ccccc2C#N)S(C)(=O)=O)C2CC2)C1=O. The number of nitriles is 1. The van der Waals surface area contributed by atoms with Crippen LogP contribution in [0.4, 0.5) is 5.69 Å². The molecule has 4 atom stereocenters. The molecule has 1 aliphatic carbocycles. The van der Waals surface area contributed by atoms with Gasteiger partial charge in [0.2, 0.25) is 15.9 Å². The lowest BCUT2D eigenvalue weighted by Gasteiger charge is -2.53. The van der Waals surface area contributed by atoms with Gasteiger partial charge < -0.3 is 4.90 Å².